The Hall–Kier alpha value is -1.33. The van der Waals surface area contributed by atoms with Crippen molar-refractivity contribution in [3.05, 3.63) is 22.8 Å². The highest BCUT2D eigenvalue weighted by molar-refractivity contribution is 6.33. The maximum Gasteiger partial charge on any atom is 0.274 e. The van der Waals surface area contributed by atoms with E-state index >= 15 is 0 Å². The smallest absolute Gasteiger partial charge is 0.274 e. The number of methoxy groups -OCH3 is 1. The molecule has 0 spiro atoms. The van der Waals surface area contributed by atoms with Gasteiger partial charge in [-0.25, -0.2) is 4.98 Å². The van der Waals surface area contributed by atoms with Gasteiger partial charge in [0.1, 0.15) is 11.5 Å². The van der Waals surface area contributed by atoms with Crippen molar-refractivity contribution in [1.29, 1.82) is 0 Å². The standard InChI is InChI=1S/C13H20ClN3O2/c1-5-17(9(2)8-19-4)13(18)12-10(14)6-7-11(15-3)16-12/h6-7,9H,5,8H2,1-4H3,(H,15,16). The molecule has 6 heteroatoms. The zero-order valence-corrected chi connectivity index (χ0v) is 12.5. The van der Waals surface area contributed by atoms with Crippen LogP contribution < -0.4 is 5.32 Å². The Balaban J connectivity index is 3.03. The molecule has 1 aromatic heterocycles. The number of nitrogens with one attached hydrogen (secondary N) is 1. The number of likely N-dealkylation sites (N-methyl/N-ethyl adjacent to an activating group) is 1. The van der Waals surface area contributed by atoms with Crippen molar-refractivity contribution in [2.45, 2.75) is 19.9 Å². The summed E-state index contributed by atoms with van der Waals surface area (Å²) < 4.78 is 5.09. The van der Waals surface area contributed by atoms with Gasteiger partial charge >= 0.3 is 0 Å². The molecule has 0 fully saturated rings. The van der Waals surface area contributed by atoms with Crippen molar-refractivity contribution in [2.24, 2.45) is 0 Å². The van der Waals surface area contributed by atoms with Gasteiger partial charge in [-0.1, -0.05) is 11.6 Å². The van der Waals surface area contributed by atoms with E-state index in [2.05, 4.69) is 10.3 Å². The molecule has 1 rings (SSSR count). The predicted octanol–water partition coefficient (Wildman–Crippen LogP) is 2.27. The first kappa shape index (κ1) is 15.7. The van der Waals surface area contributed by atoms with Crippen LogP contribution >= 0.6 is 11.6 Å². The third-order valence-corrected chi connectivity index (χ3v) is 3.15. The molecule has 0 radical (unpaired) electrons. The minimum absolute atomic E-state index is 0.0291. The zero-order valence-electron chi connectivity index (χ0n) is 11.7. The lowest BCUT2D eigenvalue weighted by molar-refractivity contribution is 0.0574. The minimum atomic E-state index is -0.186. The molecule has 0 aliphatic rings. The summed E-state index contributed by atoms with van der Waals surface area (Å²) in [7, 11) is 3.36. The third-order valence-electron chi connectivity index (χ3n) is 2.85. The molecular weight excluding hydrogens is 266 g/mol. The lowest BCUT2D eigenvalue weighted by Crippen LogP contribution is -2.41. The lowest BCUT2D eigenvalue weighted by Gasteiger charge is -2.27. The largest absolute Gasteiger partial charge is 0.383 e. The van der Waals surface area contributed by atoms with Crippen molar-refractivity contribution >= 4 is 23.3 Å². The number of halogens is 1. The van der Waals surface area contributed by atoms with Crippen molar-refractivity contribution in [2.75, 3.05) is 32.6 Å². The second kappa shape index (κ2) is 7.31. The monoisotopic (exact) mass is 285 g/mol. The Morgan fingerprint density at radius 2 is 2.26 bits per heavy atom. The first-order chi connectivity index (χ1) is 9.04. The van der Waals surface area contributed by atoms with E-state index in [0.717, 1.165) is 0 Å². The van der Waals surface area contributed by atoms with Gasteiger partial charge < -0.3 is 15.0 Å². The number of carbonyl (C=O) groups is 1. The first-order valence-electron chi connectivity index (χ1n) is 6.19. The summed E-state index contributed by atoms with van der Waals surface area (Å²) in [6.45, 7) is 4.90. The summed E-state index contributed by atoms with van der Waals surface area (Å²) in [5.41, 5.74) is 0.262. The van der Waals surface area contributed by atoms with Crippen LogP contribution in [0.15, 0.2) is 12.1 Å². The van der Waals surface area contributed by atoms with E-state index in [4.69, 9.17) is 16.3 Å². The Bertz CT molecular complexity index is 440. The third kappa shape index (κ3) is 3.81. The van der Waals surface area contributed by atoms with E-state index in [9.17, 15) is 4.79 Å². The van der Waals surface area contributed by atoms with Gasteiger partial charge in [0.2, 0.25) is 0 Å². The summed E-state index contributed by atoms with van der Waals surface area (Å²) in [4.78, 5) is 18.4. The SMILES string of the molecule is CCN(C(=O)c1nc(NC)ccc1Cl)C(C)COC. The molecule has 0 saturated heterocycles. The van der Waals surface area contributed by atoms with Gasteiger partial charge in [0.25, 0.3) is 5.91 Å². The fourth-order valence-corrected chi connectivity index (χ4v) is 2.04. The van der Waals surface area contributed by atoms with Gasteiger partial charge in [0.15, 0.2) is 0 Å². The van der Waals surface area contributed by atoms with Crippen molar-refractivity contribution < 1.29 is 9.53 Å². The van der Waals surface area contributed by atoms with Crippen molar-refractivity contribution in [1.82, 2.24) is 9.88 Å². The number of ether oxygens (including phenoxy) is 1. The summed E-state index contributed by atoms with van der Waals surface area (Å²) >= 11 is 6.06. The number of hydrogen-bond acceptors (Lipinski definition) is 4. The molecule has 1 unspecified atom stereocenters. The van der Waals surface area contributed by atoms with Crippen LogP contribution in [0.2, 0.25) is 5.02 Å². The molecule has 5 nitrogen and oxygen atoms in total. The molecule has 1 N–H and O–H groups in total. The van der Waals surface area contributed by atoms with Gasteiger partial charge in [-0.3, -0.25) is 4.79 Å². The van der Waals surface area contributed by atoms with E-state index in [1.54, 1.807) is 31.2 Å². The first-order valence-corrected chi connectivity index (χ1v) is 6.57. The van der Waals surface area contributed by atoms with Crippen LogP contribution in [0.3, 0.4) is 0 Å². The molecule has 1 heterocycles. The van der Waals surface area contributed by atoms with Gasteiger partial charge in [0.05, 0.1) is 17.7 Å². The summed E-state index contributed by atoms with van der Waals surface area (Å²) in [6, 6.07) is 3.37. The summed E-state index contributed by atoms with van der Waals surface area (Å²) in [5, 5.41) is 3.25. The van der Waals surface area contributed by atoms with Gasteiger partial charge in [0, 0.05) is 20.7 Å². The number of hydrogen-bond donors (Lipinski definition) is 1. The molecule has 0 aliphatic heterocycles. The Morgan fingerprint density at radius 1 is 1.58 bits per heavy atom. The number of pyridine rings is 1. The Kier molecular flexibility index (Phi) is 6.05. The fraction of sp³-hybridized carbons (Fsp3) is 0.538. The van der Waals surface area contributed by atoms with Crippen LogP contribution in [0.5, 0.6) is 0 Å². The molecule has 0 saturated carbocycles. The van der Waals surface area contributed by atoms with Gasteiger partial charge in [-0.15, -0.1) is 0 Å². The molecule has 0 aliphatic carbocycles. The van der Waals surface area contributed by atoms with Crippen LogP contribution in [0, 0.1) is 0 Å². The second-order valence-corrected chi connectivity index (χ2v) is 4.58. The van der Waals surface area contributed by atoms with E-state index in [-0.39, 0.29) is 17.6 Å². The number of amides is 1. The second-order valence-electron chi connectivity index (χ2n) is 4.17. The number of aromatic nitrogens is 1. The van der Waals surface area contributed by atoms with Gasteiger partial charge in [-0.05, 0) is 26.0 Å². The highest BCUT2D eigenvalue weighted by Crippen LogP contribution is 2.19. The highest BCUT2D eigenvalue weighted by Gasteiger charge is 2.23. The molecule has 0 bridgehead atoms. The lowest BCUT2D eigenvalue weighted by atomic mass is 10.2. The normalized spacial score (nSPS) is 12.1. The number of carbonyl (C=O) groups excluding carboxylic acids is 1. The van der Waals surface area contributed by atoms with E-state index < -0.39 is 0 Å². The highest BCUT2D eigenvalue weighted by atomic mass is 35.5. The Morgan fingerprint density at radius 3 is 2.79 bits per heavy atom. The van der Waals surface area contributed by atoms with Gasteiger partial charge in [-0.2, -0.15) is 0 Å². The zero-order chi connectivity index (χ0) is 14.4. The summed E-state index contributed by atoms with van der Waals surface area (Å²) in [5.74, 6) is 0.428. The number of anilines is 1. The van der Waals surface area contributed by atoms with Crippen LogP contribution in [0.25, 0.3) is 0 Å². The van der Waals surface area contributed by atoms with E-state index in [1.807, 2.05) is 13.8 Å². The van der Waals surface area contributed by atoms with E-state index in [1.165, 1.54) is 0 Å². The maximum absolute atomic E-state index is 12.5. The number of nitrogens with zero attached hydrogens (tertiary/aromatic N) is 2. The Labute approximate surface area is 118 Å². The fourth-order valence-electron chi connectivity index (χ4n) is 1.85. The van der Waals surface area contributed by atoms with Crippen molar-refractivity contribution in [3.8, 4) is 0 Å². The molecule has 1 amide bonds. The quantitative estimate of drug-likeness (QED) is 0.871. The average molecular weight is 286 g/mol. The van der Waals surface area contributed by atoms with E-state index in [0.29, 0.717) is 24.0 Å². The molecule has 106 valence electrons. The van der Waals surface area contributed by atoms with Crippen molar-refractivity contribution in [3.63, 3.8) is 0 Å². The number of rotatable bonds is 6. The molecule has 1 aromatic rings. The molecule has 0 aromatic carbocycles. The maximum atomic E-state index is 12.5. The van der Waals surface area contributed by atoms with Crippen LogP contribution in [0.4, 0.5) is 5.82 Å². The molecule has 1 atom stereocenters. The minimum Gasteiger partial charge on any atom is -0.383 e. The summed E-state index contributed by atoms with van der Waals surface area (Å²) in [6.07, 6.45) is 0. The predicted molar refractivity (Wildman–Crippen MR) is 76.8 cm³/mol. The van der Waals surface area contributed by atoms with Crippen LogP contribution in [-0.4, -0.2) is 49.1 Å². The van der Waals surface area contributed by atoms with Crippen LogP contribution in [0.1, 0.15) is 24.3 Å². The molecule has 19 heavy (non-hydrogen) atoms. The average Bonchev–Trinajstić information content (AvgIpc) is 2.40. The molecular formula is C13H20ClN3O2. The topological polar surface area (TPSA) is 54.5 Å². The van der Waals surface area contributed by atoms with Crippen LogP contribution in [-0.2, 0) is 4.74 Å².